The van der Waals surface area contributed by atoms with Crippen molar-refractivity contribution in [2.24, 2.45) is 0 Å². The molecular formula is C22H18Cl2N2OS. The van der Waals surface area contributed by atoms with Gasteiger partial charge in [-0.25, -0.2) is 0 Å². The number of thiocarbonyl (C=S) groups is 1. The van der Waals surface area contributed by atoms with Crippen molar-refractivity contribution in [3.05, 3.63) is 106 Å². The molecule has 3 aromatic rings. The minimum atomic E-state index is -0.363. The molecule has 1 N–H and O–H groups in total. The molecule has 0 saturated carbocycles. The van der Waals surface area contributed by atoms with E-state index in [0.717, 1.165) is 11.1 Å². The molecule has 0 atom stereocenters. The summed E-state index contributed by atoms with van der Waals surface area (Å²) in [6.07, 6.45) is 0. The van der Waals surface area contributed by atoms with Crippen LogP contribution in [0, 0.1) is 0 Å². The summed E-state index contributed by atoms with van der Waals surface area (Å²) in [5, 5.41) is 3.88. The summed E-state index contributed by atoms with van der Waals surface area (Å²) in [5.41, 5.74) is 2.52. The average molecular weight is 429 g/mol. The average Bonchev–Trinajstić information content (AvgIpc) is 2.69. The highest BCUT2D eigenvalue weighted by Gasteiger charge is 2.17. The van der Waals surface area contributed by atoms with Crippen molar-refractivity contribution in [2.45, 2.75) is 13.1 Å². The van der Waals surface area contributed by atoms with E-state index in [1.54, 1.807) is 12.1 Å². The third-order valence-corrected chi connectivity index (χ3v) is 5.02. The molecule has 0 bridgehead atoms. The molecule has 0 aliphatic heterocycles. The second kappa shape index (κ2) is 9.69. The maximum Gasteiger partial charge on any atom is 0.258 e. The van der Waals surface area contributed by atoms with Gasteiger partial charge in [0.15, 0.2) is 5.11 Å². The zero-order valence-corrected chi connectivity index (χ0v) is 17.3. The molecule has 0 saturated heterocycles. The van der Waals surface area contributed by atoms with Crippen LogP contribution in [0.15, 0.2) is 78.9 Å². The lowest BCUT2D eigenvalue weighted by molar-refractivity contribution is 0.0972. The Kier molecular flexibility index (Phi) is 7.04. The Morgan fingerprint density at radius 1 is 0.857 bits per heavy atom. The molecule has 0 spiro atoms. The van der Waals surface area contributed by atoms with Crippen LogP contribution in [0.1, 0.15) is 21.5 Å². The van der Waals surface area contributed by atoms with Gasteiger partial charge in [-0.2, -0.15) is 0 Å². The quantitative estimate of drug-likeness (QED) is 0.528. The van der Waals surface area contributed by atoms with E-state index in [1.165, 1.54) is 6.07 Å². The summed E-state index contributed by atoms with van der Waals surface area (Å²) in [5.74, 6) is -0.363. The maximum absolute atomic E-state index is 12.6. The van der Waals surface area contributed by atoms with Gasteiger partial charge < -0.3 is 4.90 Å². The number of nitrogens with one attached hydrogen (secondary N) is 1. The first-order chi connectivity index (χ1) is 13.5. The molecule has 0 aliphatic carbocycles. The van der Waals surface area contributed by atoms with E-state index in [9.17, 15) is 4.79 Å². The number of nitrogens with zero attached hydrogens (tertiary/aromatic N) is 1. The normalized spacial score (nSPS) is 10.4. The summed E-state index contributed by atoms with van der Waals surface area (Å²) in [4.78, 5) is 14.6. The van der Waals surface area contributed by atoms with Crippen LogP contribution in [0.2, 0.25) is 10.0 Å². The molecule has 3 aromatic carbocycles. The fourth-order valence-corrected chi connectivity index (χ4v) is 3.44. The molecule has 0 unspecified atom stereocenters. The number of carbonyl (C=O) groups excluding carboxylic acids is 1. The van der Waals surface area contributed by atoms with E-state index < -0.39 is 0 Å². The molecule has 3 rings (SSSR count). The van der Waals surface area contributed by atoms with Crippen LogP contribution in [0.25, 0.3) is 0 Å². The van der Waals surface area contributed by atoms with Crippen LogP contribution in [0.5, 0.6) is 0 Å². The van der Waals surface area contributed by atoms with E-state index in [2.05, 4.69) is 5.32 Å². The Morgan fingerprint density at radius 2 is 1.39 bits per heavy atom. The smallest absolute Gasteiger partial charge is 0.258 e. The standard InChI is InChI=1S/C22H18Cl2N2OS/c23-18-11-12-19(20(24)13-18)21(27)25-22(28)26(14-16-7-3-1-4-8-16)15-17-9-5-2-6-10-17/h1-13H,14-15H2,(H,25,27,28). The zero-order chi connectivity index (χ0) is 19.9. The Balaban J connectivity index is 1.78. The van der Waals surface area contributed by atoms with Gasteiger partial charge in [-0.3, -0.25) is 10.1 Å². The van der Waals surface area contributed by atoms with Gasteiger partial charge in [0.2, 0.25) is 0 Å². The maximum atomic E-state index is 12.6. The Hall–Kier alpha value is -2.40. The van der Waals surface area contributed by atoms with Gasteiger partial charge in [-0.1, -0.05) is 83.9 Å². The number of rotatable bonds is 5. The number of carbonyl (C=O) groups is 1. The molecule has 28 heavy (non-hydrogen) atoms. The van der Waals surface area contributed by atoms with Crippen molar-refractivity contribution in [3.8, 4) is 0 Å². The second-order valence-corrected chi connectivity index (χ2v) is 7.44. The SMILES string of the molecule is O=C(NC(=S)N(Cc1ccccc1)Cc1ccccc1)c1ccc(Cl)cc1Cl. The summed E-state index contributed by atoms with van der Waals surface area (Å²) in [7, 11) is 0. The Bertz CT molecular complexity index is 923. The van der Waals surface area contributed by atoms with Gasteiger partial charge in [-0.15, -0.1) is 0 Å². The lowest BCUT2D eigenvalue weighted by atomic mass is 10.2. The molecule has 142 valence electrons. The van der Waals surface area contributed by atoms with E-state index in [0.29, 0.717) is 28.8 Å². The number of hydrogen-bond acceptors (Lipinski definition) is 2. The highest BCUT2D eigenvalue weighted by Crippen LogP contribution is 2.21. The Morgan fingerprint density at radius 3 is 1.89 bits per heavy atom. The highest BCUT2D eigenvalue weighted by atomic mass is 35.5. The van der Waals surface area contributed by atoms with Crippen LogP contribution in [-0.4, -0.2) is 15.9 Å². The highest BCUT2D eigenvalue weighted by molar-refractivity contribution is 7.80. The summed E-state index contributed by atoms with van der Waals surface area (Å²) in [6.45, 7) is 1.15. The van der Waals surface area contributed by atoms with Gasteiger partial charge in [-0.05, 0) is 41.5 Å². The Labute approximate surface area is 179 Å². The third kappa shape index (κ3) is 5.55. The number of benzene rings is 3. The fraction of sp³-hybridized carbons (Fsp3) is 0.0909. The molecule has 1 amide bonds. The van der Waals surface area contributed by atoms with Crippen molar-refractivity contribution >= 4 is 46.4 Å². The molecule has 6 heteroatoms. The first kappa shape index (κ1) is 20.3. The molecule has 3 nitrogen and oxygen atoms in total. The predicted octanol–water partition coefficient (Wildman–Crippen LogP) is 5.71. The van der Waals surface area contributed by atoms with Gasteiger partial charge in [0, 0.05) is 18.1 Å². The van der Waals surface area contributed by atoms with Crippen molar-refractivity contribution < 1.29 is 4.79 Å². The van der Waals surface area contributed by atoms with Crippen LogP contribution in [-0.2, 0) is 13.1 Å². The summed E-state index contributed by atoms with van der Waals surface area (Å²) in [6, 6.07) is 24.7. The van der Waals surface area contributed by atoms with Gasteiger partial charge in [0.1, 0.15) is 0 Å². The van der Waals surface area contributed by atoms with E-state index in [1.807, 2.05) is 65.6 Å². The molecule has 0 radical (unpaired) electrons. The number of amides is 1. The van der Waals surface area contributed by atoms with Gasteiger partial charge in [0.05, 0.1) is 10.6 Å². The second-order valence-electron chi connectivity index (χ2n) is 6.21. The van der Waals surface area contributed by atoms with Gasteiger partial charge >= 0.3 is 0 Å². The van der Waals surface area contributed by atoms with Crippen LogP contribution in [0.4, 0.5) is 0 Å². The molecular weight excluding hydrogens is 411 g/mol. The van der Waals surface area contributed by atoms with Crippen molar-refractivity contribution in [3.63, 3.8) is 0 Å². The number of hydrogen-bond donors (Lipinski definition) is 1. The summed E-state index contributed by atoms with van der Waals surface area (Å²) >= 11 is 17.6. The number of halogens is 2. The molecule has 0 aliphatic rings. The van der Waals surface area contributed by atoms with Gasteiger partial charge in [0.25, 0.3) is 5.91 Å². The lowest BCUT2D eigenvalue weighted by Gasteiger charge is -2.26. The largest absolute Gasteiger partial charge is 0.340 e. The predicted molar refractivity (Wildman–Crippen MR) is 119 cm³/mol. The lowest BCUT2D eigenvalue weighted by Crippen LogP contribution is -2.42. The van der Waals surface area contributed by atoms with E-state index >= 15 is 0 Å². The van der Waals surface area contributed by atoms with Crippen LogP contribution in [0.3, 0.4) is 0 Å². The third-order valence-electron chi connectivity index (χ3n) is 4.12. The minimum Gasteiger partial charge on any atom is -0.340 e. The monoisotopic (exact) mass is 428 g/mol. The topological polar surface area (TPSA) is 32.3 Å². The zero-order valence-electron chi connectivity index (χ0n) is 14.9. The van der Waals surface area contributed by atoms with E-state index in [4.69, 9.17) is 35.4 Å². The van der Waals surface area contributed by atoms with E-state index in [-0.39, 0.29) is 10.9 Å². The fourth-order valence-electron chi connectivity index (χ4n) is 2.72. The van der Waals surface area contributed by atoms with Crippen molar-refractivity contribution in [1.82, 2.24) is 10.2 Å². The molecule has 0 aromatic heterocycles. The molecule has 0 heterocycles. The first-order valence-corrected chi connectivity index (χ1v) is 9.82. The van der Waals surface area contributed by atoms with Crippen molar-refractivity contribution in [1.29, 1.82) is 0 Å². The minimum absolute atomic E-state index is 0.283. The van der Waals surface area contributed by atoms with Crippen LogP contribution >= 0.6 is 35.4 Å². The molecule has 0 fully saturated rings. The summed E-state index contributed by atoms with van der Waals surface area (Å²) < 4.78 is 0. The first-order valence-electron chi connectivity index (χ1n) is 8.66. The van der Waals surface area contributed by atoms with Crippen LogP contribution < -0.4 is 5.32 Å². The van der Waals surface area contributed by atoms with Crippen molar-refractivity contribution in [2.75, 3.05) is 0 Å².